The predicted octanol–water partition coefficient (Wildman–Crippen LogP) is 1.78. The average Bonchev–Trinajstić information content (AvgIpc) is 2.71. The highest BCUT2D eigenvalue weighted by atomic mass is 32.1. The zero-order valence-corrected chi connectivity index (χ0v) is 13.2. The summed E-state index contributed by atoms with van der Waals surface area (Å²) in [7, 11) is 0. The molecule has 1 aromatic heterocycles. The molecule has 21 heavy (non-hydrogen) atoms. The molecule has 2 amide bonds. The third kappa shape index (κ3) is 3.12. The fourth-order valence-corrected chi connectivity index (χ4v) is 3.51. The largest absolute Gasteiger partial charge is 0.397 e. The Morgan fingerprint density at radius 2 is 2.05 bits per heavy atom. The van der Waals surface area contributed by atoms with Gasteiger partial charge in [-0.3, -0.25) is 9.59 Å². The molecule has 6 nitrogen and oxygen atoms in total. The van der Waals surface area contributed by atoms with E-state index >= 15 is 0 Å². The second kappa shape index (κ2) is 5.93. The van der Waals surface area contributed by atoms with Crippen molar-refractivity contribution in [3.05, 3.63) is 10.4 Å². The Hall–Kier alpha value is -1.76. The van der Waals surface area contributed by atoms with Crippen LogP contribution in [0, 0.1) is 5.41 Å². The fraction of sp³-hybridized carbons (Fsp3) is 0.571. The molecule has 0 atom stereocenters. The van der Waals surface area contributed by atoms with Crippen LogP contribution in [-0.4, -0.2) is 24.9 Å². The molecular weight excluding hydrogens is 288 g/mol. The summed E-state index contributed by atoms with van der Waals surface area (Å²) in [4.78, 5) is 23.9. The summed E-state index contributed by atoms with van der Waals surface area (Å²) in [5.41, 5.74) is 12.0. The van der Waals surface area contributed by atoms with Crippen molar-refractivity contribution in [3.63, 3.8) is 0 Å². The topological polar surface area (TPSA) is 110 Å². The first-order valence-corrected chi connectivity index (χ1v) is 7.94. The van der Waals surface area contributed by atoms with E-state index in [0.717, 1.165) is 19.4 Å². The van der Waals surface area contributed by atoms with Crippen LogP contribution in [0.15, 0.2) is 0 Å². The number of carbonyl (C=O) groups excluding carboxylic acids is 2. The first kappa shape index (κ1) is 15.6. The maximum Gasteiger partial charge on any atom is 0.263 e. The van der Waals surface area contributed by atoms with Crippen molar-refractivity contribution in [2.45, 2.75) is 33.1 Å². The number of nitrogens with two attached hydrogens (primary N) is 2. The summed E-state index contributed by atoms with van der Waals surface area (Å²) in [5, 5.41) is 6.53. The minimum absolute atomic E-state index is 0.166. The molecular formula is C14H22N4O2S. The summed E-state index contributed by atoms with van der Waals surface area (Å²) in [6.07, 6.45) is 3.56. The lowest BCUT2D eigenvalue weighted by atomic mass is 9.70. The number of nitrogens with one attached hydrogen (secondary N) is 2. The first-order chi connectivity index (χ1) is 9.88. The van der Waals surface area contributed by atoms with Crippen LogP contribution in [0.3, 0.4) is 0 Å². The maximum atomic E-state index is 12.0. The molecule has 0 unspecified atom stereocenters. The van der Waals surface area contributed by atoms with Crippen LogP contribution in [0.2, 0.25) is 0 Å². The van der Waals surface area contributed by atoms with Gasteiger partial charge in [0.2, 0.25) is 0 Å². The smallest absolute Gasteiger partial charge is 0.263 e. The van der Waals surface area contributed by atoms with Crippen LogP contribution < -0.4 is 22.1 Å². The Labute approximate surface area is 128 Å². The van der Waals surface area contributed by atoms with Gasteiger partial charge < -0.3 is 22.1 Å². The highest BCUT2D eigenvalue weighted by Crippen LogP contribution is 2.42. The lowest BCUT2D eigenvalue weighted by molar-refractivity contribution is 0.0960. The summed E-state index contributed by atoms with van der Waals surface area (Å²) in [6.45, 7) is 5.29. The van der Waals surface area contributed by atoms with E-state index in [9.17, 15) is 9.59 Å². The zero-order chi connectivity index (χ0) is 15.6. The van der Waals surface area contributed by atoms with Gasteiger partial charge in [0.05, 0.1) is 11.3 Å². The Morgan fingerprint density at radius 3 is 2.52 bits per heavy atom. The quantitative estimate of drug-likeness (QED) is 0.642. The number of nitrogen functional groups attached to an aromatic ring is 1. The van der Waals surface area contributed by atoms with Crippen LogP contribution in [0.5, 0.6) is 0 Å². The van der Waals surface area contributed by atoms with Gasteiger partial charge in [0.1, 0.15) is 9.88 Å². The molecule has 1 fully saturated rings. The van der Waals surface area contributed by atoms with Gasteiger partial charge in [-0.1, -0.05) is 13.3 Å². The van der Waals surface area contributed by atoms with E-state index in [1.807, 2.05) is 6.92 Å². The van der Waals surface area contributed by atoms with E-state index in [0.29, 0.717) is 16.4 Å². The Morgan fingerprint density at radius 1 is 1.38 bits per heavy atom. The van der Waals surface area contributed by atoms with Crippen LogP contribution in [0.25, 0.3) is 0 Å². The summed E-state index contributed by atoms with van der Waals surface area (Å²) >= 11 is 1.19. The molecule has 6 N–H and O–H groups in total. The number of anilines is 2. The molecule has 0 aliphatic heterocycles. The molecule has 1 aliphatic carbocycles. The van der Waals surface area contributed by atoms with Gasteiger partial charge in [0.15, 0.2) is 0 Å². The van der Waals surface area contributed by atoms with Gasteiger partial charge in [0.25, 0.3) is 11.8 Å². The van der Waals surface area contributed by atoms with Gasteiger partial charge in [-0.2, -0.15) is 0 Å². The molecule has 7 heteroatoms. The summed E-state index contributed by atoms with van der Waals surface area (Å²) < 4.78 is 0. The number of carbonyl (C=O) groups is 2. The van der Waals surface area contributed by atoms with Crippen LogP contribution in [0.1, 0.15) is 53.1 Å². The Balaban J connectivity index is 2.24. The number of amides is 2. The first-order valence-electron chi connectivity index (χ1n) is 7.12. The Bertz CT molecular complexity index is 564. The third-order valence-electron chi connectivity index (χ3n) is 3.97. The second-order valence-electron chi connectivity index (χ2n) is 5.79. The normalized spacial score (nSPS) is 16.1. The van der Waals surface area contributed by atoms with Crippen molar-refractivity contribution >= 4 is 33.8 Å². The maximum absolute atomic E-state index is 12.0. The molecule has 1 aromatic rings. The highest BCUT2D eigenvalue weighted by Gasteiger charge is 2.32. The molecule has 0 aromatic carbocycles. The number of hydrogen-bond donors (Lipinski definition) is 4. The molecule has 2 rings (SSSR count). The minimum Gasteiger partial charge on any atom is -0.397 e. The number of thiophene rings is 1. The van der Waals surface area contributed by atoms with E-state index < -0.39 is 5.91 Å². The second-order valence-corrected chi connectivity index (χ2v) is 6.81. The molecule has 1 heterocycles. The van der Waals surface area contributed by atoms with Crippen molar-refractivity contribution in [3.8, 4) is 0 Å². The molecule has 0 radical (unpaired) electrons. The van der Waals surface area contributed by atoms with Crippen LogP contribution >= 0.6 is 11.3 Å². The van der Waals surface area contributed by atoms with Crippen LogP contribution in [-0.2, 0) is 0 Å². The van der Waals surface area contributed by atoms with E-state index in [1.54, 1.807) is 0 Å². The number of rotatable bonds is 6. The van der Waals surface area contributed by atoms with E-state index in [4.69, 9.17) is 11.5 Å². The van der Waals surface area contributed by atoms with E-state index in [-0.39, 0.29) is 22.6 Å². The minimum atomic E-state index is -0.611. The number of primary amides is 1. The average molecular weight is 310 g/mol. The standard InChI is InChI=1S/C14H22N4O2S/c1-3-17-12(20)10-9(15)8(11(16)19)13(21-10)18-7-14(2)5-4-6-14/h18H,3-7,15H2,1-2H3,(H2,16,19)(H,17,20). The fourth-order valence-electron chi connectivity index (χ4n) is 2.47. The van der Waals surface area contributed by atoms with Crippen molar-refractivity contribution in [1.29, 1.82) is 0 Å². The molecule has 1 aliphatic rings. The van der Waals surface area contributed by atoms with Gasteiger partial charge in [-0.25, -0.2) is 0 Å². The monoisotopic (exact) mass is 310 g/mol. The molecule has 0 spiro atoms. The van der Waals surface area contributed by atoms with Gasteiger partial charge in [0, 0.05) is 13.1 Å². The SMILES string of the molecule is CCNC(=O)c1sc(NCC2(C)CCC2)c(C(N)=O)c1N. The zero-order valence-electron chi connectivity index (χ0n) is 12.4. The molecule has 0 saturated heterocycles. The van der Waals surface area contributed by atoms with E-state index in [2.05, 4.69) is 17.6 Å². The summed E-state index contributed by atoms with van der Waals surface area (Å²) in [6, 6.07) is 0. The van der Waals surface area contributed by atoms with Crippen molar-refractivity contribution in [1.82, 2.24) is 5.32 Å². The molecule has 0 bridgehead atoms. The van der Waals surface area contributed by atoms with E-state index in [1.165, 1.54) is 17.8 Å². The highest BCUT2D eigenvalue weighted by molar-refractivity contribution is 7.19. The van der Waals surface area contributed by atoms with Crippen molar-refractivity contribution in [2.24, 2.45) is 11.1 Å². The Kier molecular flexibility index (Phi) is 4.41. The van der Waals surface area contributed by atoms with Crippen molar-refractivity contribution < 1.29 is 9.59 Å². The molecule has 1 saturated carbocycles. The molecule has 116 valence electrons. The predicted molar refractivity (Wildman–Crippen MR) is 85.7 cm³/mol. The lowest BCUT2D eigenvalue weighted by Gasteiger charge is -2.38. The van der Waals surface area contributed by atoms with Gasteiger partial charge in [-0.05, 0) is 25.2 Å². The van der Waals surface area contributed by atoms with Gasteiger partial charge in [-0.15, -0.1) is 11.3 Å². The van der Waals surface area contributed by atoms with Crippen molar-refractivity contribution in [2.75, 3.05) is 24.1 Å². The summed E-state index contributed by atoms with van der Waals surface area (Å²) in [5.74, 6) is -0.883. The van der Waals surface area contributed by atoms with Gasteiger partial charge >= 0.3 is 0 Å². The lowest BCUT2D eigenvalue weighted by Crippen LogP contribution is -2.33. The third-order valence-corrected chi connectivity index (χ3v) is 5.13. The van der Waals surface area contributed by atoms with Crippen LogP contribution in [0.4, 0.5) is 10.7 Å². The number of hydrogen-bond acceptors (Lipinski definition) is 5.